The van der Waals surface area contributed by atoms with Crippen molar-refractivity contribution in [3.05, 3.63) is 107 Å². The van der Waals surface area contributed by atoms with Gasteiger partial charge in [0.05, 0.1) is 26.2 Å². The number of benzene rings is 3. The number of rotatable bonds is 4. The van der Waals surface area contributed by atoms with Crippen LogP contribution in [-0.4, -0.2) is 36.1 Å². The summed E-state index contributed by atoms with van der Waals surface area (Å²) in [6.45, 7) is 6.29. The maximum atomic E-state index is 5.81. The van der Waals surface area contributed by atoms with Crippen LogP contribution in [0.1, 0.15) is 28.3 Å². The van der Waals surface area contributed by atoms with Crippen molar-refractivity contribution in [2.24, 2.45) is 0 Å². The molecule has 28 heavy (non-hydrogen) atoms. The first kappa shape index (κ1) is 18.9. The van der Waals surface area contributed by atoms with Crippen molar-refractivity contribution in [1.29, 1.82) is 0 Å². The maximum Gasteiger partial charge on any atom is 0.139 e. The fraction of sp³-hybridized carbons (Fsp3) is 0.240. The second-order valence-electron chi connectivity index (χ2n) is 7.57. The zero-order chi connectivity index (χ0) is 19.3. The van der Waals surface area contributed by atoms with Gasteiger partial charge in [0.15, 0.2) is 0 Å². The Bertz CT molecular complexity index is 876. The van der Waals surface area contributed by atoms with Crippen LogP contribution in [0.5, 0.6) is 0 Å². The van der Waals surface area contributed by atoms with Gasteiger partial charge in [-0.3, -0.25) is 0 Å². The summed E-state index contributed by atoms with van der Waals surface area (Å²) in [5.74, 6) is 0. The van der Waals surface area contributed by atoms with Crippen LogP contribution in [0.25, 0.3) is 0 Å². The highest BCUT2D eigenvalue weighted by Crippen LogP contribution is 2.19. The predicted octanol–water partition coefficient (Wildman–Crippen LogP) is 3.66. The smallest absolute Gasteiger partial charge is 0.139 e. The van der Waals surface area contributed by atoms with E-state index >= 15 is 0 Å². The number of nitrogens with one attached hydrogen (secondary N) is 1. The van der Waals surface area contributed by atoms with Crippen molar-refractivity contribution in [1.82, 2.24) is 4.90 Å². The molecule has 3 heteroatoms. The fourth-order valence-corrected chi connectivity index (χ4v) is 4.51. The van der Waals surface area contributed by atoms with Gasteiger partial charge in [-0.25, -0.2) is 0 Å². The lowest BCUT2D eigenvalue weighted by Crippen LogP contribution is -3.15. The highest BCUT2D eigenvalue weighted by atomic mass is 32.1. The molecular formula is C25H27N2S+. The third-order valence-corrected chi connectivity index (χ3v) is 6.13. The molecule has 0 aromatic heterocycles. The molecule has 0 unspecified atom stereocenters. The molecule has 0 amide bonds. The SMILES string of the molecule is Cc1cccc(C(=S)N2CC[NH+](C(c3ccccc3)c3ccccc3)CC2)c1. The van der Waals surface area contributed by atoms with Gasteiger partial charge in [0.1, 0.15) is 11.0 Å². The molecule has 142 valence electrons. The Morgan fingerprint density at radius 1 is 0.821 bits per heavy atom. The molecule has 0 radical (unpaired) electrons. The number of piperazine rings is 1. The Kier molecular flexibility index (Phi) is 5.84. The summed E-state index contributed by atoms with van der Waals surface area (Å²) in [5.41, 5.74) is 5.20. The van der Waals surface area contributed by atoms with E-state index in [1.807, 2.05) is 0 Å². The Morgan fingerprint density at radius 3 is 1.93 bits per heavy atom. The van der Waals surface area contributed by atoms with Crippen molar-refractivity contribution in [2.75, 3.05) is 26.2 Å². The zero-order valence-corrected chi connectivity index (χ0v) is 17.2. The quantitative estimate of drug-likeness (QED) is 0.684. The Labute approximate surface area is 173 Å². The number of nitrogens with zero attached hydrogens (tertiary/aromatic N) is 1. The minimum atomic E-state index is 0.372. The van der Waals surface area contributed by atoms with E-state index in [0.717, 1.165) is 31.2 Å². The van der Waals surface area contributed by atoms with E-state index in [0.29, 0.717) is 6.04 Å². The molecule has 1 aliphatic rings. The molecule has 0 aliphatic carbocycles. The highest BCUT2D eigenvalue weighted by Gasteiger charge is 2.30. The minimum absolute atomic E-state index is 0.372. The van der Waals surface area contributed by atoms with Gasteiger partial charge in [0.2, 0.25) is 0 Å². The van der Waals surface area contributed by atoms with Gasteiger partial charge in [0, 0.05) is 16.7 Å². The topological polar surface area (TPSA) is 7.68 Å². The molecule has 0 spiro atoms. The summed E-state index contributed by atoms with van der Waals surface area (Å²) >= 11 is 5.81. The van der Waals surface area contributed by atoms with E-state index < -0.39 is 0 Å². The molecule has 2 nitrogen and oxygen atoms in total. The summed E-state index contributed by atoms with van der Waals surface area (Å²) in [6.07, 6.45) is 0. The van der Waals surface area contributed by atoms with Crippen LogP contribution < -0.4 is 4.90 Å². The van der Waals surface area contributed by atoms with Crippen molar-refractivity contribution in [2.45, 2.75) is 13.0 Å². The third-order valence-electron chi connectivity index (χ3n) is 5.63. The number of hydrogen-bond donors (Lipinski definition) is 1. The average molecular weight is 388 g/mol. The molecule has 1 N–H and O–H groups in total. The van der Waals surface area contributed by atoms with Crippen molar-refractivity contribution in [3.8, 4) is 0 Å². The Morgan fingerprint density at radius 2 is 1.39 bits per heavy atom. The third kappa shape index (κ3) is 4.16. The predicted molar refractivity (Wildman–Crippen MR) is 120 cm³/mol. The van der Waals surface area contributed by atoms with Crippen LogP contribution >= 0.6 is 12.2 Å². The standard InChI is InChI=1S/C25H26N2S/c1-20-9-8-14-23(19-20)25(28)27-17-15-26(16-18-27)24(21-10-4-2-5-11-21)22-12-6-3-7-13-22/h2-14,19,24H,15-18H2,1H3/p+1. The van der Waals surface area contributed by atoms with Crippen LogP contribution in [0.2, 0.25) is 0 Å². The largest absolute Gasteiger partial charge is 0.351 e. The summed E-state index contributed by atoms with van der Waals surface area (Å²) in [6, 6.07) is 30.7. The van der Waals surface area contributed by atoms with Crippen LogP contribution in [0, 0.1) is 6.92 Å². The van der Waals surface area contributed by atoms with Gasteiger partial charge >= 0.3 is 0 Å². The van der Waals surface area contributed by atoms with E-state index in [-0.39, 0.29) is 0 Å². The maximum absolute atomic E-state index is 5.81. The van der Waals surface area contributed by atoms with Gasteiger partial charge in [-0.15, -0.1) is 0 Å². The fourth-order valence-electron chi connectivity index (χ4n) is 4.20. The Balaban J connectivity index is 1.51. The number of aryl methyl sites for hydroxylation is 1. The van der Waals surface area contributed by atoms with Gasteiger partial charge < -0.3 is 9.80 Å². The summed E-state index contributed by atoms with van der Waals surface area (Å²) < 4.78 is 0. The second kappa shape index (κ2) is 8.68. The molecule has 1 saturated heterocycles. The molecule has 1 aliphatic heterocycles. The normalized spacial score (nSPS) is 15.0. The summed E-state index contributed by atoms with van der Waals surface area (Å²) in [5, 5.41) is 0. The first-order chi connectivity index (χ1) is 13.7. The van der Waals surface area contributed by atoms with Gasteiger partial charge in [-0.05, 0) is 13.0 Å². The van der Waals surface area contributed by atoms with Crippen LogP contribution in [-0.2, 0) is 0 Å². The minimum Gasteiger partial charge on any atom is -0.351 e. The number of hydrogen-bond acceptors (Lipinski definition) is 1. The molecule has 3 aromatic carbocycles. The molecule has 1 heterocycles. The first-order valence-electron chi connectivity index (χ1n) is 10.0. The summed E-state index contributed by atoms with van der Waals surface area (Å²) in [7, 11) is 0. The average Bonchev–Trinajstić information content (AvgIpc) is 2.75. The second-order valence-corrected chi connectivity index (χ2v) is 7.96. The molecular weight excluding hydrogens is 360 g/mol. The molecule has 1 fully saturated rings. The van der Waals surface area contributed by atoms with Gasteiger partial charge in [0.25, 0.3) is 0 Å². The van der Waals surface area contributed by atoms with Crippen LogP contribution in [0.15, 0.2) is 84.9 Å². The lowest BCUT2D eigenvalue weighted by Gasteiger charge is -2.38. The zero-order valence-electron chi connectivity index (χ0n) is 16.3. The Hall–Kier alpha value is -2.49. The van der Waals surface area contributed by atoms with Crippen LogP contribution in [0.3, 0.4) is 0 Å². The van der Waals surface area contributed by atoms with Crippen molar-refractivity contribution >= 4 is 17.2 Å². The van der Waals surface area contributed by atoms with E-state index in [1.54, 1.807) is 4.90 Å². The van der Waals surface area contributed by atoms with E-state index in [1.165, 1.54) is 22.3 Å². The van der Waals surface area contributed by atoms with Gasteiger partial charge in [-0.2, -0.15) is 0 Å². The molecule has 0 atom stereocenters. The lowest BCUT2D eigenvalue weighted by atomic mass is 9.96. The van der Waals surface area contributed by atoms with E-state index in [2.05, 4.69) is 96.8 Å². The first-order valence-corrected chi connectivity index (χ1v) is 10.4. The molecule has 3 aromatic rings. The summed E-state index contributed by atoms with van der Waals surface area (Å²) in [4.78, 5) is 4.97. The lowest BCUT2D eigenvalue weighted by molar-refractivity contribution is -0.929. The monoisotopic (exact) mass is 387 g/mol. The van der Waals surface area contributed by atoms with Crippen molar-refractivity contribution < 1.29 is 4.90 Å². The van der Waals surface area contributed by atoms with Crippen LogP contribution in [0.4, 0.5) is 0 Å². The van der Waals surface area contributed by atoms with Gasteiger partial charge in [-0.1, -0.05) is 96.6 Å². The molecule has 4 rings (SSSR count). The highest BCUT2D eigenvalue weighted by molar-refractivity contribution is 7.80. The molecule has 0 bridgehead atoms. The number of quaternary nitrogens is 1. The molecule has 0 saturated carbocycles. The van der Waals surface area contributed by atoms with E-state index in [4.69, 9.17) is 12.2 Å². The van der Waals surface area contributed by atoms with Crippen molar-refractivity contribution in [3.63, 3.8) is 0 Å². The number of thiocarbonyl (C=S) groups is 1. The van der Waals surface area contributed by atoms with E-state index in [9.17, 15) is 0 Å².